The molecule has 1 atom stereocenters. The number of hydrogen-bond donors (Lipinski definition) is 1. The number of hydrogen-bond acceptors (Lipinski definition) is 4. The van der Waals surface area contributed by atoms with E-state index in [1.807, 2.05) is 24.7 Å². The van der Waals surface area contributed by atoms with Crippen molar-refractivity contribution in [2.45, 2.75) is 39.3 Å². The van der Waals surface area contributed by atoms with Crippen LogP contribution in [0.25, 0.3) is 0 Å². The van der Waals surface area contributed by atoms with Crippen molar-refractivity contribution in [2.75, 3.05) is 0 Å². The van der Waals surface area contributed by atoms with Gasteiger partial charge in [-0.1, -0.05) is 19.1 Å². The normalized spacial score (nSPS) is 11.9. The Hall–Kier alpha value is -2.70. The van der Waals surface area contributed by atoms with E-state index in [9.17, 15) is 14.9 Å². The van der Waals surface area contributed by atoms with Crippen molar-refractivity contribution in [1.29, 1.82) is 0 Å². The summed E-state index contributed by atoms with van der Waals surface area (Å²) in [5.41, 5.74) is 1.57. The fourth-order valence-corrected chi connectivity index (χ4v) is 2.36. The predicted molar refractivity (Wildman–Crippen MR) is 85.9 cm³/mol. The number of nitro groups is 1. The van der Waals surface area contributed by atoms with E-state index in [0.717, 1.165) is 18.5 Å². The predicted octanol–water partition coefficient (Wildman–Crippen LogP) is 2.62. The molecular weight excluding hydrogens is 296 g/mol. The van der Waals surface area contributed by atoms with Crippen molar-refractivity contribution in [3.63, 3.8) is 0 Å². The first-order valence-electron chi connectivity index (χ1n) is 7.58. The zero-order chi connectivity index (χ0) is 16.8. The van der Waals surface area contributed by atoms with Crippen LogP contribution in [-0.2, 0) is 17.8 Å². The van der Waals surface area contributed by atoms with Crippen LogP contribution < -0.4 is 5.32 Å². The van der Waals surface area contributed by atoms with Gasteiger partial charge in [0.25, 0.3) is 5.69 Å². The molecule has 23 heavy (non-hydrogen) atoms. The maximum absolute atomic E-state index is 12.2. The van der Waals surface area contributed by atoms with E-state index in [4.69, 9.17) is 0 Å². The standard InChI is InChI=1S/C16H20N4O3/c1-3-15(13-10-17-19(4-2)11-13)18-16(21)9-12-6-5-7-14(8-12)20(22)23/h5-8,10-11,15H,3-4,9H2,1-2H3,(H,18,21)/t15-/m1/s1. The Morgan fingerprint density at radius 1 is 1.43 bits per heavy atom. The lowest BCUT2D eigenvalue weighted by molar-refractivity contribution is -0.384. The minimum Gasteiger partial charge on any atom is -0.349 e. The second-order valence-corrected chi connectivity index (χ2v) is 5.26. The van der Waals surface area contributed by atoms with Crippen LogP contribution in [0.2, 0.25) is 0 Å². The number of rotatable bonds is 7. The van der Waals surface area contributed by atoms with Crippen molar-refractivity contribution >= 4 is 11.6 Å². The van der Waals surface area contributed by atoms with E-state index in [1.54, 1.807) is 18.3 Å². The molecule has 0 spiro atoms. The zero-order valence-electron chi connectivity index (χ0n) is 13.2. The molecule has 1 aromatic heterocycles. The van der Waals surface area contributed by atoms with E-state index in [1.165, 1.54) is 12.1 Å². The summed E-state index contributed by atoms with van der Waals surface area (Å²) in [5.74, 6) is -0.165. The van der Waals surface area contributed by atoms with Gasteiger partial charge in [0.15, 0.2) is 0 Å². The van der Waals surface area contributed by atoms with Gasteiger partial charge in [-0.2, -0.15) is 5.10 Å². The smallest absolute Gasteiger partial charge is 0.269 e. The molecular formula is C16H20N4O3. The van der Waals surface area contributed by atoms with Crippen LogP contribution in [0.15, 0.2) is 36.7 Å². The molecule has 1 heterocycles. The third kappa shape index (κ3) is 4.38. The number of carbonyl (C=O) groups is 1. The first-order valence-corrected chi connectivity index (χ1v) is 7.58. The van der Waals surface area contributed by atoms with Gasteiger partial charge >= 0.3 is 0 Å². The Bertz CT molecular complexity index is 696. The number of nitrogens with one attached hydrogen (secondary N) is 1. The molecule has 0 bridgehead atoms. The van der Waals surface area contributed by atoms with Crippen LogP contribution in [0, 0.1) is 10.1 Å². The van der Waals surface area contributed by atoms with Gasteiger partial charge in [-0.15, -0.1) is 0 Å². The van der Waals surface area contributed by atoms with Gasteiger partial charge in [0.05, 0.1) is 23.6 Å². The summed E-state index contributed by atoms with van der Waals surface area (Å²) in [7, 11) is 0. The number of amides is 1. The molecule has 0 aliphatic heterocycles. The Kier molecular flexibility index (Phi) is 5.46. The van der Waals surface area contributed by atoms with Crippen molar-refractivity contribution in [3.05, 3.63) is 57.9 Å². The first-order chi connectivity index (χ1) is 11.0. The lowest BCUT2D eigenvalue weighted by atomic mass is 10.1. The first kappa shape index (κ1) is 16.7. The van der Waals surface area contributed by atoms with E-state index in [-0.39, 0.29) is 24.1 Å². The number of carbonyl (C=O) groups excluding carboxylic acids is 1. The largest absolute Gasteiger partial charge is 0.349 e. The van der Waals surface area contributed by atoms with Crippen LogP contribution in [0.3, 0.4) is 0 Å². The molecule has 1 N–H and O–H groups in total. The average molecular weight is 316 g/mol. The number of aromatic nitrogens is 2. The fourth-order valence-electron chi connectivity index (χ4n) is 2.36. The highest BCUT2D eigenvalue weighted by atomic mass is 16.6. The quantitative estimate of drug-likeness (QED) is 0.628. The number of aryl methyl sites for hydroxylation is 1. The summed E-state index contributed by atoms with van der Waals surface area (Å²) in [6.45, 7) is 4.76. The molecule has 0 fully saturated rings. The molecule has 2 aromatic rings. The molecule has 7 nitrogen and oxygen atoms in total. The number of nitrogens with zero attached hydrogens (tertiary/aromatic N) is 3. The molecule has 1 amide bonds. The van der Waals surface area contributed by atoms with Crippen molar-refractivity contribution in [2.24, 2.45) is 0 Å². The van der Waals surface area contributed by atoms with Crippen LogP contribution in [0.1, 0.15) is 37.4 Å². The van der Waals surface area contributed by atoms with Crippen LogP contribution >= 0.6 is 0 Å². The Morgan fingerprint density at radius 3 is 2.83 bits per heavy atom. The molecule has 0 aliphatic rings. The van der Waals surface area contributed by atoms with Gasteiger partial charge in [0, 0.05) is 30.4 Å². The summed E-state index contributed by atoms with van der Waals surface area (Å²) in [5, 5.41) is 17.9. The molecule has 0 radical (unpaired) electrons. The summed E-state index contributed by atoms with van der Waals surface area (Å²) in [6.07, 6.45) is 4.53. The number of non-ortho nitro benzene ring substituents is 1. The second kappa shape index (κ2) is 7.53. The lowest BCUT2D eigenvalue weighted by Gasteiger charge is -2.15. The Balaban J connectivity index is 2.02. The molecule has 1 aromatic carbocycles. The van der Waals surface area contributed by atoms with Gasteiger partial charge < -0.3 is 5.32 Å². The highest BCUT2D eigenvalue weighted by Gasteiger charge is 2.15. The van der Waals surface area contributed by atoms with Crippen molar-refractivity contribution in [3.8, 4) is 0 Å². The Labute approximate surface area is 134 Å². The molecule has 122 valence electrons. The molecule has 2 rings (SSSR count). The molecule has 7 heteroatoms. The van der Waals surface area contributed by atoms with Crippen molar-refractivity contribution in [1.82, 2.24) is 15.1 Å². The number of benzene rings is 1. The van der Waals surface area contributed by atoms with E-state index in [0.29, 0.717) is 5.56 Å². The summed E-state index contributed by atoms with van der Waals surface area (Å²) in [4.78, 5) is 22.5. The minimum atomic E-state index is -0.463. The summed E-state index contributed by atoms with van der Waals surface area (Å²) < 4.78 is 1.81. The highest BCUT2D eigenvalue weighted by molar-refractivity contribution is 5.79. The minimum absolute atomic E-state index is 0.00781. The van der Waals surface area contributed by atoms with Gasteiger partial charge in [-0.3, -0.25) is 19.6 Å². The van der Waals surface area contributed by atoms with Crippen LogP contribution in [0.5, 0.6) is 0 Å². The molecule has 0 saturated carbocycles. The fraction of sp³-hybridized carbons (Fsp3) is 0.375. The van der Waals surface area contributed by atoms with E-state index < -0.39 is 4.92 Å². The van der Waals surface area contributed by atoms with Gasteiger partial charge in [-0.05, 0) is 18.9 Å². The number of nitro benzene ring substituents is 1. The maximum Gasteiger partial charge on any atom is 0.269 e. The maximum atomic E-state index is 12.2. The Morgan fingerprint density at radius 2 is 2.22 bits per heavy atom. The summed E-state index contributed by atoms with van der Waals surface area (Å²) >= 11 is 0. The molecule has 0 unspecified atom stereocenters. The summed E-state index contributed by atoms with van der Waals surface area (Å²) in [6, 6.07) is 6.03. The monoisotopic (exact) mass is 316 g/mol. The van der Waals surface area contributed by atoms with Gasteiger partial charge in [0.1, 0.15) is 0 Å². The van der Waals surface area contributed by atoms with Crippen LogP contribution in [-0.4, -0.2) is 20.6 Å². The molecule has 0 aliphatic carbocycles. The van der Waals surface area contributed by atoms with Gasteiger partial charge in [0.2, 0.25) is 5.91 Å². The van der Waals surface area contributed by atoms with E-state index in [2.05, 4.69) is 10.4 Å². The van der Waals surface area contributed by atoms with Gasteiger partial charge in [-0.25, -0.2) is 0 Å². The highest BCUT2D eigenvalue weighted by Crippen LogP contribution is 2.17. The van der Waals surface area contributed by atoms with Crippen molar-refractivity contribution < 1.29 is 9.72 Å². The average Bonchev–Trinajstić information content (AvgIpc) is 3.01. The topological polar surface area (TPSA) is 90.1 Å². The lowest BCUT2D eigenvalue weighted by Crippen LogP contribution is -2.29. The van der Waals surface area contributed by atoms with Crippen LogP contribution in [0.4, 0.5) is 5.69 Å². The van der Waals surface area contributed by atoms with E-state index >= 15 is 0 Å². The third-order valence-corrected chi connectivity index (χ3v) is 3.61. The SMILES string of the molecule is CC[C@@H](NC(=O)Cc1cccc([N+](=O)[O-])c1)c1cnn(CC)c1. The third-order valence-electron chi connectivity index (χ3n) is 3.61. The zero-order valence-corrected chi connectivity index (χ0v) is 13.2. The molecule has 0 saturated heterocycles. The second-order valence-electron chi connectivity index (χ2n) is 5.26.